The molecule has 0 bridgehead atoms. The van der Waals surface area contributed by atoms with Gasteiger partial charge in [0.05, 0.1) is 0 Å². The first-order chi connectivity index (χ1) is 9.72. The van der Waals surface area contributed by atoms with Crippen LogP contribution in [-0.4, -0.2) is 41.3 Å². The molecule has 2 N–H and O–H groups in total. The molecule has 2 aromatic rings. The Morgan fingerprint density at radius 2 is 2.20 bits per heavy atom. The highest BCUT2D eigenvalue weighted by Crippen LogP contribution is 2.22. The van der Waals surface area contributed by atoms with E-state index in [-0.39, 0.29) is 6.04 Å². The molecule has 0 aliphatic carbocycles. The van der Waals surface area contributed by atoms with Crippen LogP contribution in [0.2, 0.25) is 6.82 Å². The van der Waals surface area contributed by atoms with Crippen molar-refractivity contribution in [1.82, 2.24) is 15.4 Å². The maximum absolute atomic E-state index is 9.34. The van der Waals surface area contributed by atoms with E-state index >= 15 is 0 Å². The van der Waals surface area contributed by atoms with Crippen molar-refractivity contribution >= 4 is 13.1 Å². The highest BCUT2D eigenvalue weighted by molar-refractivity contribution is 6.45. The van der Waals surface area contributed by atoms with Gasteiger partial charge in [-0.25, -0.2) is 0 Å². The molecule has 6 nitrogen and oxygen atoms in total. The molecule has 1 saturated heterocycles. The van der Waals surface area contributed by atoms with Gasteiger partial charge >= 0.3 is 13.1 Å². The van der Waals surface area contributed by atoms with Gasteiger partial charge in [-0.15, -0.1) is 0 Å². The third-order valence-electron chi connectivity index (χ3n) is 3.38. The van der Waals surface area contributed by atoms with Gasteiger partial charge in [0.15, 0.2) is 0 Å². The van der Waals surface area contributed by atoms with Gasteiger partial charge in [0.1, 0.15) is 0 Å². The smallest absolute Gasteiger partial charge is 0.373 e. The molecular formula is C13H17BN4O2. The third kappa shape index (κ3) is 2.83. The lowest BCUT2D eigenvalue weighted by molar-refractivity contribution is 0.418. The van der Waals surface area contributed by atoms with Crippen molar-refractivity contribution < 1.29 is 9.55 Å². The van der Waals surface area contributed by atoms with E-state index in [2.05, 4.69) is 15.4 Å². The van der Waals surface area contributed by atoms with Crippen molar-refractivity contribution in [3.05, 3.63) is 30.3 Å². The summed E-state index contributed by atoms with van der Waals surface area (Å²) >= 11 is 0. The second kappa shape index (κ2) is 5.64. The number of hydrogen-bond donors (Lipinski definition) is 2. The van der Waals surface area contributed by atoms with Crippen LogP contribution in [0.1, 0.15) is 6.42 Å². The lowest BCUT2D eigenvalue weighted by Gasteiger charge is -2.14. The summed E-state index contributed by atoms with van der Waals surface area (Å²) in [5.41, 5.74) is 0.945. The third-order valence-corrected chi connectivity index (χ3v) is 3.38. The van der Waals surface area contributed by atoms with E-state index in [0.29, 0.717) is 11.8 Å². The van der Waals surface area contributed by atoms with Crippen LogP contribution in [0.25, 0.3) is 11.4 Å². The second-order valence-corrected chi connectivity index (χ2v) is 5.04. The highest BCUT2D eigenvalue weighted by Gasteiger charge is 2.27. The quantitative estimate of drug-likeness (QED) is 0.809. The van der Waals surface area contributed by atoms with Crippen LogP contribution in [0.4, 0.5) is 6.01 Å². The lowest BCUT2D eigenvalue weighted by atomic mass is 9.87. The first-order valence-electron chi connectivity index (χ1n) is 6.80. The predicted octanol–water partition coefficient (Wildman–Crippen LogP) is 1.02. The maximum atomic E-state index is 9.34. The number of anilines is 1. The molecule has 0 radical (unpaired) electrons. The summed E-state index contributed by atoms with van der Waals surface area (Å²) in [6, 6.07) is 10.6. The van der Waals surface area contributed by atoms with Crippen molar-refractivity contribution in [3.63, 3.8) is 0 Å². The van der Waals surface area contributed by atoms with Gasteiger partial charge < -0.3 is 19.7 Å². The fourth-order valence-corrected chi connectivity index (χ4v) is 2.46. The molecule has 3 rings (SSSR count). The van der Waals surface area contributed by atoms with E-state index in [1.807, 2.05) is 35.2 Å². The van der Waals surface area contributed by atoms with Crippen LogP contribution in [0.5, 0.6) is 0 Å². The molecule has 1 aromatic heterocycles. The molecular weight excluding hydrogens is 255 g/mol. The molecule has 0 amide bonds. The van der Waals surface area contributed by atoms with E-state index in [1.54, 1.807) is 6.82 Å². The molecule has 0 saturated carbocycles. The minimum Gasteiger partial charge on any atom is -0.437 e. The fraction of sp³-hybridized carbons (Fsp3) is 0.385. The van der Waals surface area contributed by atoms with Gasteiger partial charge in [0.2, 0.25) is 5.82 Å². The molecule has 1 fully saturated rings. The summed E-state index contributed by atoms with van der Waals surface area (Å²) in [6.07, 6.45) is 0.952. The zero-order valence-corrected chi connectivity index (χ0v) is 11.4. The van der Waals surface area contributed by atoms with Gasteiger partial charge in [-0.1, -0.05) is 35.5 Å². The van der Waals surface area contributed by atoms with Crippen molar-refractivity contribution in [3.8, 4) is 11.4 Å². The zero-order valence-electron chi connectivity index (χ0n) is 11.4. The molecule has 1 aromatic carbocycles. The summed E-state index contributed by atoms with van der Waals surface area (Å²) in [5, 5.41) is 16.5. The Bertz CT molecular complexity index is 561. The van der Waals surface area contributed by atoms with E-state index in [4.69, 9.17) is 4.52 Å². The Morgan fingerprint density at radius 1 is 1.40 bits per heavy atom. The second-order valence-electron chi connectivity index (χ2n) is 5.04. The minimum absolute atomic E-state index is 0.252. The Balaban J connectivity index is 1.69. The average molecular weight is 272 g/mol. The first kappa shape index (κ1) is 13.1. The highest BCUT2D eigenvalue weighted by atomic mass is 16.5. The standard InChI is InChI=1S/C13H17BN4O2/c1-14(19)16-11-7-8-18(9-11)13-15-12(17-20-13)10-5-3-2-4-6-10/h2-6,11,16,19H,7-9H2,1H3. The molecule has 104 valence electrons. The van der Waals surface area contributed by atoms with E-state index in [1.165, 1.54) is 0 Å². The molecule has 1 unspecified atom stereocenters. The Morgan fingerprint density at radius 3 is 2.95 bits per heavy atom. The fourth-order valence-electron chi connectivity index (χ4n) is 2.46. The molecule has 7 heteroatoms. The Hall–Kier alpha value is -1.86. The van der Waals surface area contributed by atoms with Crippen LogP contribution in [0.3, 0.4) is 0 Å². The van der Waals surface area contributed by atoms with Gasteiger partial charge in [-0.05, 0) is 13.2 Å². The number of benzene rings is 1. The van der Waals surface area contributed by atoms with Crippen LogP contribution in [-0.2, 0) is 0 Å². The molecule has 20 heavy (non-hydrogen) atoms. The topological polar surface area (TPSA) is 74.4 Å². The van der Waals surface area contributed by atoms with E-state index in [0.717, 1.165) is 25.1 Å². The normalized spacial score (nSPS) is 18.5. The number of nitrogens with one attached hydrogen (secondary N) is 1. The number of rotatable bonds is 4. The van der Waals surface area contributed by atoms with Crippen molar-refractivity contribution in [1.29, 1.82) is 0 Å². The largest absolute Gasteiger partial charge is 0.437 e. The Labute approximate surface area is 117 Å². The predicted molar refractivity (Wildman–Crippen MR) is 77.3 cm³/mol. The average Bonchev–Trinajstić information content (AvgIpc) is 3.07. The summed E-state index contributed by atoms with van der Waals surface area (Å²) in [5.74, 6) is 0.604. The van der Waals surface area contributed by atoms with Crippen molar-refractivity contribution in [2.75, 3.05) is 18.0 Å². The summed E-state index contributed by atoms with van der Waals surface area (Å²) in [4.78, 5) is 6.48. The Kier molecular flexibility index (Phi) is 3.71. The SMILES string of the molecule is CB(O)NC1CCN(c2nc(-c3ccccc3)no2)C1. The number of aromatic nitrogens is 2. The molecule has 2 heterocycles. The zero-order chi connectivity index (χ0) is 13.9. The van der Waals surface area contributed by atoms with Crippen LogP contribution in [0.15, 0.2) is 34.9 Å². The first-order valence-corrected chi connectivity index (χ1v) is 6.80. The van der Waals surface area contributed by atoms with E-state index in [9.17, 15) is 5.02 Å². The lowest BCUT2D eigenvalue weighted by Crippen LogP contribution is -2.41. The molecule has 1 aliphatic heterocycles. The maximum Gasteiger partial charge on any atom is 0.373 e. The summed E-state index contributed by atoms with van der Waals surface area (Å²) in [6.45, 7) is 3.34. The van der Waals surface area contributed by atoms with Gasteiger partial charge in [0, 0.05) is 24.7 Å². The molecule has 0 spiro atoms. The van der Waals surface area contributed by atoms with Gasteiger partial charge in [-0.3, -0.25) is 0 Å². The van der Waals surface area contributed by atoms with Gasteiger partial charge in [0.25, 0.3) is 0 Å². The van der Waals surface area contributed by atoms with Gasteiger partial charge in [-0.2, -0.15) is 4.98 Å². The van der Waals surface area contributed by atoms with Crippen molar-refractivity contribution in [2.45, 2.75) is 19.3 Å². The monoisotopic (exact) mass is 272 g/mol. The van der Waals surface area contributed by atoms with E-state index < -0.39 is 7.05 Å². The van der Waals surface area contributed by atoms with Crippen LogP contribution in [0, 0.1) is 0 Å². The number of hydrogen-bond acceptors (Lipinski definition) is 6. The minimum atomic E-state index is -0.498. The van der Waals surface area contributed by atoms with Crippen LogP contribution >= 0.6 is 0 Å². The summed E-state index contributed by atoms with van der Waals surface area (Å²) < 4.78 is 5.33. The van der Waals surface area contributed by atoms with Crippen molar-refractivity contribution in [2.24, 2.45) is 0 Å². The molecule has 1 atom stereocenters. The number of nitrogens with zero attached hydrogens (tertiary/aromatic N) is 3. The van der Waals surface area contributed by atoms with Crippen LogP contribution < -0.4 is 10.1 Å². The molecule has 1 aliphatic rings. The summed E-state index contributed by atoms with van der Waals surface area (Å²) in [7, 11) is -0.498.